The van der Waals surface area contributed by atoms with Gasteiger partial charge in [0.25, 0.3) is 0 Å². The summed E-state index contributed by atoms with van der Waals surface area (Å²) in [5.41, 5.74) is 1.45. The Morgan fingerprint density at radius 1 is 1.46 bits per heavy atom. The molecule has 1 aliphatic rings. The number of thioether (sulfide) groups is 1. The van der Waals surface area contributed by atoms with Crippen LogP contribution < -0.4 is 0 Å². The second-order valence-electron chi connectivity index (χ2n) is 2.71. The van der Waals surface area contributed by atoms with Crippen molar-refractivity contribution in [2.45, 2.75) is 5.75 Å². The van der Waals surface area contributed by atoms with Crippen molar-refractivity contribution < 1.29 is 14.7 Å². The minimum Gasteiger partial charge on any atom is -0.478 e. The molecule has 1 N–H and O–H groups in total. The summed E-state index contributed by atoms with van der Waals surface area (Å²) in [6.07, 6.45) is 0. The van der Waals surface area contributed by atoms with Crippen LogP contribution in [0.2, 0.25) is 0 Å². The molecular formula is C9H6O3S. The van der Waals surface area contributed by atoms with Gasteiger partial charge in [-0.1, -0.05) is 23.9 Å². The number of carboxylic acids is 1. The first-order valence-electron chi connectivity index (χ1n) is 3.72. The van der Waals surface area contributed by atoms with Gasteiger partial charge in [-0.2, -0.15) is 0 Å². The van der Waals surface area contributed by atoms with E-state index in [4.69, 9.17) is 5.11 Å². The molecule has 66 valence electrons. The van der Waals surface area contributed by atoms with Crippen LogP contribution in [-0.2, 0) is 5.75 Å². The Labute approximate surface area is 78.8 Å². The van der Waals surface area contributed by atoms with Gasteiger partial charge in [-0.3, -0.25) is 4.79 Å². The van der Waals surface area contributed by atoms with Gasteiger partial charge >= 0.3 is 5.97 Å². The van der Waals surface area contributed by atoms with Crippen molar-refractivity contribution in [2.24, 2.45) is 0 Å². The normalized spacial score (nSPS) is 14.3. The van der Waals surface area contributed by atoms with Gasteiger partial charge in [-0.15, -0.1) is 0 Å². The Hall–Kier alpha value is -1.29. The van der Waals surface area contributed by atoms with Crippen LogP contribution in [0.15, 0.2) is 18.2 Å². The first kappa shape index (κ1) is 8.31. The molecule has 3 nitrogen and oxygen atoms in total. The van der Waals surface area contributed by atoms with Crippen LogP contribution in [-0.4, -0.2) is 16.2 Å². The average Bonchev–Trinajstić information content (AvgIpc) is 2.48. The average molecular weight is 194 g/mol. The summed E-state index contributed by atoms with van der Waals surface area (Å²) < 4.78 is 0. The Balaban J connectivity index is 2.63. The highest BCUT2D eigenvalue weighted by molar-refractivity contribution is 8.13. The highest BCUT2D eigenvalue weighted by Gasteiger charge is 2.24. The molecular weight excluding hydrogens is 188 g/mol. The zero-order valence-corrected chi connectivity index (χ0v) is 7.43. The van der Waals surface area contributed by atoms with E-state index in [0.29, 0.717) is 16.9 Å². The van der Waals surface area contributed by atoms with Crippen LogP contribution in [0.5, 0.6) is 0 Å². The molecule has 0 spiro atoms. The predicted molar refractivity (Wildman–Crippen MR) is 49.0 cm³/mol. The molecule has 2 rings (SSSR count). The maximum absolute atomic E-state index is 11.2. The van der Waals surface area contributed by atoms with E-state index in [-0.39, 0.29) is 10.7 Å². The van der Waals surface area contributed by atoms with Crippen molar-refractivity contribution in [3.8, 4) is 0 Å². The topological polar surface area (TPSA) is 54.4 Å². The minimum atomic E-state index is -0.966. The fourth-order valence-electron chi connectivity index (χ4n) is 1.35. The van der Waals surface area contributed by atoms with Gasteiger partial charge in [0.1, 0.15) is 0 Å². The largest absolute Gasteiger partial charge is 0.478 e. The van der Waals surface area contributed by atoms with E-state index in [2.05, 4.69) is 0 Å². The molecule has 0 fully saturated rings. The number of benzene rings is 1. The molecule has 1 heterocycles. The van der Waals surface area contributed by atoms with Crippen molar-refractivity contribution >= 4 is 22.8 Å². The van der Waals surface area contributed by atoms with Crippen molar-refractivity contribution in [1.29, 1.82) is 0 Å². The fourth-order valence-corrected chi connectivity index (χ4v) is 2.28. The molecule has 0 amide bonds. The smallest absolute Gasteiger partial charge is 0.336 e. The number of carbonyl (C=O) groups excluding carboxylic acids is 1. The summed E-state index contributed by atoms with van der Waals surface area (Å²) in [6, 6.07) is 4.80. The van der Waals surface area contributed by atoms with E-state index in [1.54, 1.807) is 12.1 Å². The first-order valence-corrected chi connectivity index (χ1v) is 4.71. The Bertz CT molecular complexity index is 398. The van der Waals surface area contributed by atoms with Gasteiger partial charge in [0.2, 0.25) is 5.12 Å². The van der Waals surface area contributed by atoms with Gasteiger partial charge < -0.3 is 5.11 Å². The lowest BCUT2D eigenvalue weighted by atomic mass is 10.0. The van der Waals surface area contributed by atoms with E-state index in [1.165, 1.54) is 6.07 Å². The van der Waals surface area contributed by atoms with Crippen LogP contribution in [0.4, 0.5) is 0 Å². The second kappa shape index (κ2) is 2.88. The third-order valence-corrected chi connectivity index (χ3v) is 2.89. The maximum Gasteiger partial charge on any atom is 0.336 e. The summed E-state index contributed by atoms with van der Waals surface area (Å²) in [4.78, 5) is 22.0. The summed E-state index contributed by atoms with van der Waals surface area (Å²) >= 11 is 1.16. The number of carbonyl (C=O) groups is 2. The maximum atomic E-state index is 11.2. The third kappa shape index (κ3) is 1.23. The second-order valence-corrected chi connectivity index (χ2v) is 3.66. The fraction of sp³-hybridized carbons (Fsp3) is 0.111. The summed E-state index contributed by atoms with van der Waals surface area (Å²) in [7, 11) is 0. The number of rotatable bonds is 1. The number of carboxylic acid groups (broad SMARTS) is 1. The molecule has 13 heavy (non-hydrogen) atoms. The van der Waals surface area contributed by atoms with Crippen LogP contribution in [0.25, 0.3) is 0 Å². The molecule has 1 aromatic carbocycles. The SMILES string of the molecule is O=C(O)c1cccc2c1CSC2=O. The minimum absolute atomic E-state index is 0.0295. The van der Waals surface area contributed by atoms with Crippen LogP contribution in [0, 0.1) is 0 Å². The monoisotopic (exact) mass is 194 g/mol. The summed E-state index contributed by atoms with van der Waals surface area (Å²) in [5, 5.41) is 8.79. The van der Waals surface area contributed by atoms with Gasteiger partial charge in [-0.05, 0) is 11.6 Å². The van der Waals surface area contributed by atoms with Gasteiger partial charge in [0.05, 0.1) is 5.56 Å². The number of hydrogen-bond acceptors (Lipinski definition) is 3. The Morgan fingerprint density at radius 3 is 2.92 bits per heavy atom. The molecule has 0 bridgehead atoms. The first-order chi connectivity index (χ1) is 6.20. The van der Waals surface area contributed by atoms with Crippen LogP contribution in [0.1, 0.15) is 26.3 Å². The standard InChI is InChI=1S/C9H6O3S/c10-8(11)5-2-1-3-6-7(5)4-13-9(6)12/h1-3H,4H2,(H,10,11). The molecule has 1 aliphatic heterocycles. The lowest BCUT2D eigenvalue weighted by Gasteiger charge is -2.00. The van der Waals surface area contributed by atoms with E-state index >= 15 is 0 Å². The van der Waals surface area contributed by atoms with E-state index in [9.17, 15) is 9.59 Å². The molecule has 0 atom stereocenters. The summed E-state index contributed by atoms with van der Waals surface area (Å²) in [5.74, 6) is -0.483. The molecule has 0 saturated carbocycles. The van der Waals surface area contributed by atoms with Crippen LogP contribution >= 0.6 is 11.8 Å². The summed E-state index contributed by atoms with van der Waals surface area (Å²) in [6.45, 7) is 0. The van der Waals surface area contributed by atoms with Crippen molar-refractivity contribution in [3.05, 3.63) is 34.9 Å². The van der Waals surface area contributed by atoms with Gasteiger partial charge in [-0.25, -0.2) is 4.79 Å². The number of hydrogen-bond donors (Lipinski definition) is 1. The predicted octanol–water partition coefficient (Wildman–Crippen LogP) is 1.77. The molecule has 0 radical (unpaired) electrons. The van der Waals surface area contributed by atoms with Crippen molar-refractivity contribution in [1.82, 2.24) is 0 Å². The van der Waals surface area contributed by atoms with Crippen molar-refractivity contribution in [2.75, 3.05) is 0 Å². The third-order valence-electron chi connectivity index (χ3n) is 1.97. The highest BCUT2D eigenvalue weighted by Crippen LogP contribution is 2.31. The lowest BCUT2D eigenvalue weighted by Crippen LogP contribution is -2.02. The van der Waals surface area contributed by atoms with Gasteiger partial charge in [0.15, 0.2) is 0 Å². The number of fused-ring (bicyclic) bond motifs is 1. The molecule has 0 aliphatic carbocycles. The van der Waals surface area contributed by atoms with Crippen LogP contribution in [0.3, 0.4) is 0 Å². The Kier molecular flexibility index (Phi) is 1.84. The molecule has 0 saturated heterocycles. The molecule has 4 heteroatoms. The number of aromatic carboxylic acids is 1. The lowest BCUT2D eigenvalue weighted by molar-refractivity contribution is 0.0696. The van der Waals surface area contributed by atoms with Crippen molar-refractivity contribution in [3.63, 3.8) is 0 Å². The molecule has 1 aromatic rings. The Morgan fingerprint density at radius 2 is 2.23 bits per heavy atom. The highest BCUT2D eigenvalue weighted by atomic mass is 32.2. The van der Waals surface area contributed by atoms with E-state index in [0.717, 1.165) is 11.8 Å². The molecule has 0 unspecified atom stereocenters. The van der Waals surface area contributed by atoms with E-state index in [1.807, 2.05) is 0 Å². The van der Waals surface area contributed by atoms with E-state index < -0.39 is 5.97 Å². The zero-order valence-electron chi connectivity index (χ0n) is 6.61. The molecule has 0 aromatic heterocycles. The quantitative estimate of drug-likeness (QED) is 0.740. The zero-order chi connectivity index (χ0) is 9.42. The van der Waals surface area contributed by atoms with Gasteiger partial charge in [0, 0.05) is 11.3 Å².